The lowest BCUT2D eigenvalue weighted by atomic mass is 10.2. The van der Waals surface area contributed by atoms with Crippen LogP contribution < -0.4 is 10.6 Å². The molecule has 0 aliphatic rings. The minimum Gasteiger partial charge on any atom is -0.366 e. The molecule has 3 rings (SSSR count). The van der Waals surface area contributed by atoms with E-state index in [4.69, 9.17) is 0 Å². The van der Waals surface area contributed by atoms with Crippen LogP contribution in [0.15, 0.2) is 61.4 Å². The molecule has 0 unspecified atom stereocenters. The first-order valence-corrected chi connectivity index (χ1v) is 7.43. The van der Waals surface area contributed by atoms with E-state index >= 15 is 0 Å². The summed E-state index contributed by atoms with van der Waals surface area (Å²) >= 11 is 0. The average Bonchev–Trinajstić information content (AvgIpc) is 2.66. The highest BCUT2D eigenvalue weighted by molar-refractivity contribution is 5.92. The van der Waals surface area contributed by atoms with Crippen LogP contribution in [0.25, 0.3) is 0 Å². The van der Waals surface area contributed by atoms with Gasteiger partial charge in [0.15, 0.2) is 0 Å². The summed E-state index contributed by atoms with van der Waals surface area (Å²) in [5, 5.41) is 5.99. The lowest BCUT2D eigenvalue weighted by molar-refractivity contribution is 0.0946. The fourth-order valence-corrected chi connectivity index (χ4v) is 2.04. The third kappa shape index (κ3) is 4.33. The second-order valence-electron chi connectivity index (χ2n) is 5.04. The van der Waals surface area contributed by atoms with Crippen LogP contribution >= 0.6 is 0 Å². The predicted octanol–water partition coefficient (Wildman–Crippen LogP) is 1.81. The largest absolute Gasteiger partial charge is 0.366 e. The van der Waals surface area contributed by atoms with Gasteiger partial charge in [-0.05, 0) is 35.4 Å². The molecule has 0 saturated heterocycles. The summed E-state index contributed by atoms with van der Waals surface area (Å²) in [6.45, 7) is 1.02. The molecule has 0 spiro atoms. The SMILES string of the molecule is O=C(NCc1ccncc1)c1cc(NCc2ccncc2)ncn1. The molecule has 24 heavy (non-hydrogen) atoms. The minimum absolute atomic E-state index is 0.249. The minimum atomic E-state index is -0.249. The van der Waals surface area contributed by atoms with Gasteiger partial charge in [0.05, 0.1) is 0 Å². The number of nitrogens with zero attached hydrogens (tertiary/aromatic N) is 4. The molecular formula is C17H16N6O. The van der Waals surface area contributed by atoms with Crippen molar-refractivity contribution in [1.82, 2.24) is 25.3 Å². The highest BCUT2D eigenvalue weighted by Gasteiger charge is 2.08. The van der Waals surface area contributed by atoms with Crippen LogP contribution in [0.4, 0.5) is 5.82 Å². The first kappa shape index (κ1) is 15.5. The molecule has 7 heteroatoms. The molecule has 0 aliphatic carbocycles. The van der Waals surface area contributed by atoms with Crippen LogP contribution in [0.5, 0.6) is 0 Å². The van der Waals surface area contributed by atoms with Gasteiger partial charge in [0.1, 0.15) is 17.8 Å². The van der Waals surface area contributed by atoms with Crippen molar-refractivity contribution in [3.8, 4) is 0 Å². The van der Waals surface area contributed by atoms with Crippen LogP contribution in [0.3, 0.4) is 0 Å². The van der Waals surface area contributed by atoms with Gasteiger partial charge in [-0.3, -0.25) is 14.8 Å². The summed E-state index contributed by atoms with van der Waals surface area (Å²) in [4.78, 5) is 28.3. The number of anilines is 1. The van der Waals surface area contributed by atoms with Crippen molar-refractivity contribution >= 4 is 11.7 Å². The van der Waals surface area contributed by atoms with E-state index in [-0.39, 0.29) is 5.91 Å². The third-order valence-electron chi connectivity index (χ3n) is 3.33. The molecule has 0 saturated carbocycles. The lowest BCUT2D eigenvalue weighted by Crippen LogP contribution is -2.24. The van der Waals surface area contributed by atoms with Crippen molar-refractivity contribution in [2.75, 3.05) is 5.32 Å². The Kier molecular flexibility index (Phi) is 5.03. The lowest BCUT2D eigenvalue weighted by Gasteiger charge is -2.08. The van der Waals surface area contributed by atoms with Gasteiger partial charge in [-0.2, -0.15) is 0 Å². The second kappa shape index (κ2) is 7.77. The van der Waals surface area contributed by atoms with Crippen molar-refractivity contribution in [1.29, 1.82) is 0 Å². The maximum absolute atomic E-state index is 12.2. The normalized spacial score (nSPS) is 10.2. The molecule has 0 aromatic carbocycles. The molecule has 0 aliphatic heterocycles. The summed E-state index contributed by atoms with van der Waals surface area (Å²) in [5.41, 5.74) is 2.37. The highest BCUT2D eigenvalue weighted by Crippen LogP contribution is 2.07. The standard InChI is InChI=1S/C17H16N6O/c24-17(21-11-14-3-7-19-8-4-14)15-9-16(23-12-22-15)20-10-13-1-5-18-6-2-13/h1-9,12H,10-11H2,(H,21,24)(H,20,22,23). The van der Waals surface area contributed by atoms with Crippen molar-refractivity contribution in [3.05, 3.63) is 78.3 Å². The Balaban J connectivity index is 1.59. The Morgan fingerprint density at radius 3 is 2.17 bits per heavy atom. The molecule has 120 valence electrons. The molecule has 3 aromatic rings. The quantitative estimate of drug-likeness (QED) is 0.719. The number of hydrogen-bond donors (Lipinski definition) is 2. The molecule has 2 N–H and O–H groups in total. The van der Waals surface area contributed by atoms with Gasteiger partial charge in [-0.1, -0.05) is 0 Å². The Bertz CT molecular complexity index is 794. The Hall–Kier alpha value is -3.35. The number of amides is 1. The molecule has 3 aromatic heterocycles. The molecule has 1 amide bonds. The molecule has 0 bridgehead atoms. The van der Waals surface area contributed by atoms with E-state index in [1.54, 1.807) is 30.9 Å². The predicted molar refractivity (Wildman–Crippen MR) is 89.0 cm³/mol. The smallest absolute Gasteiger partial charge is 0.270 e. The van der Waals surface area contributed by atoms with Crippen LogP contribution in [0, 0.1) is 0 Å². The van der Waals surface area contributed by atoms with E-state index in [1.807, 2.05) is 24.3 Å². The molecule has 3 heterocycles. The maximum Gasteiger partial charge on any atom is 0.270 e. The van der Waals surface area contributed by atoms with E-state index in [0.29, 0.717) is 24.6 Å². The second-order valence-corrected chi connectivity index (χ2v) is 5.04. The van der Waals surface area contributed by atoms with Crippen molar-refractivity contribution in [2.24, 2.45) is 0 Å². The molecule has 0 radical (unpaired) electrons. The van der Waals surface area contributed by atoms with E-state index in [1.165, 1.54) is 6.33 Å². The maximum atomic E-state index is 12.2. The zero-order chi connectivity index (χ0) is 16.6. The van der Waals surface area contributed by atoms with Crippen LogP contribution in [0.2, 0.25) is 0 Å². The van der Waals surface area contributed by atoms with Gasteiger partial charge >= 0.3 is 0 Å². The number of carbonyl (C=O) groups is 1. The molecular weight excluding hydrogens is 304 g/mol. The number of rotatable bonds is 6. The highest BCUT2D eigenvalue weighted by atomic mass is 16.1. The zero-order valence-corrected chi connectivity index (χ0v) is 12.9. The molecule has 0 fully saturated rings. The number of carbonyl (C=O) groups excluding carboxylic acids is 1. The van der Waals surface area contributed by atoms with Crippen LogP contribution in [-0.2, 0) is 13.1 Å². The van der Waals surface area contributed by atoms with Gasteiger partial charge in [-0.15, -0.1) is 0 Å². The van der Waals surface area contributed by atoms with Gasteiger partial charge in [0, 0.05) is 43.9 Å². The monoisotopic (exact) mass is 320 g/mol. The van der Waals surface area contributed by atoms with Crippen molar-refractivity contribution in [3.63, 3.8) is 0 Å². The van der Waals surface area contributed by atoms with Gasteiger partial charge in [-0.25, -0.2) is 9.97 Å². The van der Waals surface area contributed by atoms with Gasteiger partial charge < -0.3 is 10.6 Å². The summed E-state index contributed by atoms with van der Waals surface area (Å²) in [7, 11) is 0. The number of nitrogens with one attached hydrogen (secondary N) is 2. The average molecular weight is 320 g/mol. The zero-order valence-electron chi connectivity index (χ0n) is 12.9. The van der Waals surface area contributed by atoms with E-state index in [0.717, 1.165) is 11.1 Å². The van der Waals surface area contributed by atoms with Gasteiger partial charge in [0.25, 0.3) is 5.91 Å². The van der Waals surface area contributed by atoms with Gasteiger partial charge in [0.2, 0.25) is 0 Å². The first-order chi connectivity index (χ1) is 11.8. The Labute approximate surface area is 139 Å². The summed E-state index contributed by atoms with van der Waals surface area (Å²) in [6, 6.07) is 9.15. The summed E-state index contributed by atoms with van der Waals surface area (Å²) < 4.78 is 0. The number of pyridine rings is 2. The Morgan fingerprint density at radius 2 is 1.50 bits per heavy atom. The fraction of sp³-hybridized carbons (Fsp3) is 0.118. The van der Waals surface area contributed by atoms with E-state index < -0.39 is 0 Å². The number of hydrogen-bond acceptors (Lipinski definition) is 6. The molecule has 0 atom stereocenters. The van der Waals surface area contributed by atoms with Crippen LogP contribution in [-0.4, -0.2) is 25.8 Å². The summed E-state index contributed by atoms with van der Waals surface area (Å²) in [5.74, 6) is 0.344. The van der Waals surface area contributed by atoms with Crippen molar-refractivity contribution < 1.29 is 4.79 Å². The Morgan fingerprint density at radius 1 is 0.875 bits per heavy atom. The van der Waals surface area contributed by atoms with Crippen molar-refractivity contribution in [2.45, 2.75) is 13.1 Å². The third-order valence-corrected chi connectivity index (χ3v) is 3.33. The van der Waals surface area contributed by atoms with Crippen LogP contribution in [0.1, 0.15) is 21.6 Å². The molecule has 7 nitrogen and oxygen atoms in total. The van der Waals surface area contributed by atoms with E-state index in [2.05, 4.69) is 30.6 Å². The fourth-order valence-electron chi connectivity index (χ4n) is 2.04. The number of aromatic nitrogens is 4. The summed E-state index contributed by atoms with van der Waals surface area (Å²) in [6.07, 6.45) is 8.21. The van der Waals surface area contributed by atoms with E-state index in [9.17, 15) is 4.79 Å². The first-order valence-electron chi connectivity index (χ1n) is 7.43. The topological polar surface area (TPSA) is 92.7 Å².